The van der Waals surface area contributed by atoms with Crippen LogP contribution in [0.3, 0.4) is 0 Å². The molecular weight excluding hydrogens is 248 g/mol. The summed E-state index contributed by atoms with van der Waals surface area (Å²) in [6.07, 6.45) is 2.72. The van der Waals surface area contributed by atoms with Crippen molar-refractivity contribution < 1.29 is 9.47 Å². The summed E-state index contributed by atoms with van der Waals surface area (Å²) in [5.41, 5.74) is 1.16. The van der Waals surface area contributed by atoms with Crippen molar-refractivity contribution in [1.29, 1.82) is 0 Å². The number of thiazole rings is 1. The number of hydrogen-bond acceptors (Lipinski definition) is 5. The summed E-state index contributed by atoms with van der Waals surface area (Å²) in [7, 11) is 0. The molecule has 2 heterocycles. The number of nitrogens with one attached hydrogen (secondary N) is 1. The third-order valence-corrected chi connectivity index (χ3v) is 3.42. The van der Waals surface area contributed by atoms with E-state index in [0.29, 0.717) is 0 Å². The highest BCUT2D eigenvalue weighted by Gasteiger charge is 2.10. The Morgan fingerprint density at radius 1 is 1.22 bits per heavy atom. The summed E-state index contributed by atoms with van der Waals surface area (Å²) in [5.74, 6) is 1.68. The van der Waals surface area contributed by atoms with E-state index in [1.807, 2.05) is 23.6 Å². The van der Waals surface area contributed by atoms with Gasteiger partial charge in [-0.15, -0.1) is 11.3 Å². The van der Waals surface area contributed by atoms with E-state index < -0.39 is 0 Å². The molecule has 1 aliphatic heterocycles. The molecule has 1 aromatic carbocycles. The first kappa shape index (κ1) is 11.3. The van der Waals surface area contributed by atoms with Crippen LogP contribution in [-0.4, -0.2) is 18.2 Å². The third kappa shape index (κ3) is 2.56. The number of ether oxygens (including phenoxy) is 2. The molecule has 1 aromatic heterocycles. The Balaban J connectivity index is 1.71. The van der Waals surface area contributed by atoms with Gasteiger partial charge in [0.2, 0.25) is 0 Å². The highest BCUT2D eigenvalue weighted by molar-refractivity contribution is 7.13. The molecular formula is C13H14N2O2S. The molecule has 0 bridgehead atoms. The highest BCUT2D eigenvalue weighted by atomic mass is 32.1. The first-order chi connectivity index (χ1) is 8.92. The zero-order valence-corrected chi connectivity index (χ0v) is 10.7. The van der Waals surface area contributed by atoms with Crippen LogP contribution in [0.25, 0.3) is 0 Å². The summed E-state index contributed by atoms with van der Waals surface area (Å²) in [6, 6.07) is 6.05. The summed E-state index contributed by atoms with van der Waals surface area (Å²) >= 11 is 1.60. The standard InChI is InChI=1S/C13H14N2O2S/c1-5-16-11-3-2-10(8-12(11)17-6-1)9-15-13-14-4-7-18-13/h2-4,7-8H,1,5-6,9H2,(H,14,15). The fourth-order valence-electron chi connectivity index (χ4n) is 1.81. The first-order valence-corrected chi connectivity index (χ1v) is 6.82. The van der Waals surface area contributed by atoms with Crippen LogP contribution in [0, 0.1) is 0 Å². The van der Waals surface area contributed by atoms with Crippen molar-refractivity contribution in [3.05, 3.63) is 35.3 Å². The predicted octanol–water partition coefficient (Wildman–Crippen LogP) is 2.92. The van der Waals surface area contributed by atoms with Crippen molar-refractivity contribution in [1.82, 2.24) is 4.98 Å². The first-order valence-electron chi connectivity index (χ1n) is 5.94. The number of anilines is 1. The van der Waals surface area contributed by atoms with E-state index >= 15 is 0 Å². The largest absolute Gasteiger partial charge is 0.490 e. The fraction of sp³-hybridized carbons (Fsp3) is 0.308. The number of rotatable bonds is 3. The average Bonchev–Trinajstić information content (AvgIpc) is 2.80. The molecule has 18 heavy (non-hydrogen) atoms. The van der Waals surface area contributed by atoms with Gasteiger partial charge < -0.3 is 14.8 Å². The van der Waals surface area contributed by atoms with E-state index in [9.17, 15) is 0 Å². The minimum Gasteiger partial charge on any atom is -0.490 e. The van der Waals surface area contributed by atoms with Gasteiger partial charge in [0.05, 0.1) is 13.2 Å². The van der Waals surface area contributed by atoms with Crippen molar-refractivity contribution >= 4 is 16.5 Å². The molecule has 0 spiro atoms. The van der Waals surface area contributed by atoms with Gasteiger partial charge in [0.15, 0.2) is 16.6 Å². The zero-order chi connectivity index (χ0) is 12.2. The van der Waals surface area contributed by atoms with Gasteiger partial charge in [-0.25, -0.2) is 4.98 Å². The van der Waals surface area contributed by atoms with Gasteiger partial charge in [0.25, 0.3) is 0 Å². The van der Waals surface area contributed by atoms with Gasteiger partial charge in [-0.2, -0.15) is 0 Å². The lowest BCUT2D eigenvalue weighted by Gasteiger charge is -2.09. The van der Waals surface area contributed by atoms with Crippen LogP contribution in [0.1, 0.15) is 12.0 Å². The number of benzene rings is 1. The number of aromatic nitrogens is 1. The molecule has 5 heteroatoms. The number of hydrogen-bond donors (Lipinski definition) is 1. The van der Waals surface area contributed by atoms with Crippen LogP contribution in [0.5, 0.6) is 11.5 Å². The monoisotopic (exact) mass is 262 g/mol. The highest BCUT2D eigenvalue weighted by Crippen LogP contribution is 2.30. The summed E-state index contributed by atoms with van der Waals surface area (Å²) in [6.45, 7) is 2.18. The maximum Gasteiger partial charge on any atom is 0.182 e. The normalized spacial score (nSPS) is 14.0. The van der Waals surface area contributed by atoms with Gasteiger partial charge >= 0.3 is 0 Å². The topological polar surface area (TPSA) is 43.4 Å². The second kappa shape index (κ2) is 5.27. The van der Waals surface area contributed by atoms with E-state index in [4.69, 9.17) is 9.47 Å². The summed E-state index contributed by atoms with van der Waals surface area (Å²) < 4.78 is 11.3. The maximum atomic E-state index is 5.66. The van der Waals surface area contributed by atoms with E-state index in [0.717, 1.165) is 48.4 Å². The van der Waals surface area contributed by atoms with Crippen LogP contribution in [0.2, 0.25) is 0 Å². The van der Waals surface area contributed by atoms with Gasteiger partial charge in [0, 0.05) is 24.5 Å². The minimum absolute atomic E-state index is 0.719. The quantitative estimate of drug-likeness (QED) is 0.923. The van der Waals surface area contributed by atoms with Gasteiger partial charge in [-0.3, -0.25) is 0 Å². The summed E-state index contributed by atoms with van der Waals surface area (Å²) in [4.78, 5) is 4.19. The van der Waals surface area contributed by atoms with Crippen LogP contribution in [0.4, 0.5) is 5.13 Å². The van der Waals surface area contributed by atoms with E-state index in [1.165, 1.54) is 0 Å². The molecule has 0 unspecified atom stereocenters. The van der Waals surface area contributed by atoms with Gasteiger partial charge in [-0.1, -0.05) is 6.07 Å². The van der Waals surface area contributed by atoms with Crippen molar-refractivity contribution in [3.63, 3.8) is 0 Å². The molecule has 0 saturated carbocycles. The molecule has 94 valence electrons. The lowest BCUT2D eigenvalue weighted by atomic mass is 10.2. The minimum atomic E-state index is 0.719. The van der Waals surface area contributed by atoms with Crippen molar-refractivity contribution in [2.24, 2.45) is 0 Å². The van der Waals surface area contributed by atoms with Crippen molar-refractivity contribution in [2.45, 2.75) is 13.0 Å². The second-order valence-corrected chi connectivity index (χ2v) is 4.92. The molecule has 4 nitrogen and oxygen atoms in total. The van der Waals surface area contributed by atoms with Crippen LogP contribution >= 0.6 is 11.3 Å². The molecule has 0 atom stereocenters. The SMILES string of the molecule is c1csc(NCc2ccc3c(c2)OCCCO3)n1. The third-order valence-electron chi connectivity index (χ3n) is 2.69. The molecule has 1 N–H and O–H groups in total. The zero-order valence-electron chi connectivity index (χ0n) is 9.89. The Morgan fingerprint density at radius 3 is 2.94 bits per heavy atom. The smallest absolute Gasteiger partial charge is 0.182 e. The predicted molar refractivity (Wildman–Crippen MR) is 71.5 cm³/mol. The fourth-order valence-corrected chi connectivity index (χ4v) is 2.33. The lowest BCUT2D eigenvalue weighted by molar-refractivity contribution is 0.297. The number of nitrogens with zero attached hydrogens (tertiary/aromatic N) is 1. The Morgan fingerprint density at radius 2 is 2.11 bits per heavy atom. The average molecular weight is 262 g/mol. The van der Waals surface area contributed by atoms with Crippen LogP contribution in [-0.2, 0) is 6.54 Å². The Kier molecular flexibility index (Phi) is 3.32. The molecule has 2 aromatic rings. The van der Waals surface area contributed by atoms with E-state index in [-0.39, 0.29) is 0 Å². The van der Waals surface area contributed by atoms with Crippen molar-refractivity contribution in [2.75, 3.05) is 18.5 Å². The molecule has 0 amide bonds. The molecule has 0 fully saturated rings. The second-order valence-electron chi connectivity index (χ2n) is 4.02. The van der Waals surface area contributed by atoms with Crippen LogP contribution in [0.15, 0.2) is 29.8 Å². The molecule has 3 rings (SSSR count). The van der Waals surface area contributed by atoms with E-state index in [1.54, 1.807) is 17.5 Å². The lowest BCUT2D eigenvalue weighted by Crippen LogP contribution is -2.00. The molecule has 0 saturated heterocycles. The Hall–Kier alpha value is -1.75. The van der Waals surface area contributed by atoms with Crippen LogP contribution < -0.4 is 14.8 Å². The summed E-state index contributed by atoms with van der Waals surface area (Å²) in [5, 5.41) is 6.16. The van der Waals surface area contributed by atoms with E-state index in [2.05, 4.69) is 10.3 Å². The molecule has 0 radical (unpaired) electrons. The molecule has 1 aliphatic rings. The maximum absolute atomic E-state index is 5.66. The van der Waals surface area contributed by atoms with Gasteiger partial charge in [0.1, 0.15) is 0 Å². The number of fused-ring (bicyclic) bond motifs is 1. The Bertz CT molecular complexity index is 514. The Labute approximate surface area is 110 Å². The van der Waals surface area contributed by atoms with Crippen molar-refractivity contribution in [3.8, 4) is 11.5 Å². The molecule has 0 aliphatic carbocycles. The van der Waals surface area contributed by atoms with Gasteiger partial charge in [-0.05, 0) is 17.7 Å².